The van der Waals surface area contributed by atoms with Gasteiger partial charge in [-0.1, -0.05) is 24.3 Å². The zero-order chi connectivity index (χ0) is 24.9. The number of hydrogen-bond acceptors (Lipinski definition) is 8. The molecule has 3 rings (SSSR count). The molecule has 0 bridgehead atoms. The molecule has 0 saturated carbocycles. The number of carbonyl (C=O) groups excluding carboxylic acids is 1. The summed E-state index contributed by atoms with van der Waals surface area (Å²) in [6, 6.07) is 10.2. The Morgan fingerprint density at radius 3 is 2.50 bits per heavy atom. The number of nitrogens with one attached hydrogen (secondary N) is 1. The molecule has 1 aliphatic rings. The zero-order valence-corrected chi connectivity index (χ0v) is 18.1. The number of alkyl halides is 3. The molecule has 34 heavy (non-hydrogen) atoms. The Kier molecular flexibility index (Phi) is 7.39. The Morgan fingerprint density at radius 2 is 1.85 bits per heavy atom. The van der Waals surface area contributed by atoms with Crippen LogP contribution in [0.3, 0.4) is 0 Å². The monoisotopic (exact) mass is 479 g/mol. The van der Waals surface area contributed by atoms with Crippen molar-refractivity contribution in [2.45, 2.75) is 32.5 Å². The number of nitrogens with zero attached hydrogens (tertiary/aromatic N) is 2. The fourth-order valence-electron chi connectivity index (χ4n) is 3.47. The van der Waals surface area contributed by atoms with Gasteiger partial charge in [0, 0.05) is 23.9 Å². The molecule has 1 atom stereocenters. The molecule has 0 fully saturated rings. The first-order chi connectivity index (χ1) is 16.1. The van der Waals surface area contributed by atoms with Gasteiger partial charge in [0.15, 0.2) is 0 Å². The number of nitro groups is 1. The minimum absolute atomic E-state index is 0.0742. The highest BCUT2D eigenvalue weighted by molar-refractivity contribution is 5.63. The zero-order valence-electron chi connectivity index (χ0n) is 18.1. The van der Waals surface area contributed by atoms with Crippen LogP contribution in [0.25, 0.3) is 0 Å². The maximum Gasteiger partial charge on any atom is 0.573 e. The number of dihydropyridines is 1. The Morgan fingerprint density at radius 1 is 1.15 bits per heavy atom. The number of allylic oxidation sites excluding steroid dienone is 2. The molecule has 180 valence electrons. The Labute approximate surface area is 192 Å². The third-order valence-corrected chi connectivity index (χ3v) is 4.81. The summed E-state index contributed by atoms with van der Waals surface area (Å²) < 4.78 is 53.4. The van der Waals surface area contributed by atoms with Crippen molar-refractivity contribution in [2.75, 3.05) is 6.61 Å². The fourth-order valence-corrected chi connectivity index (χ4v) is 3.47. The summed E-state index contributed by atoms with van der Waals surface area (Å²) in [5, 5.41) is 14.6. The van der Waals surface area contributed by atoms with Gasteiger partial charge in [0.25, 0.3) is 5.70 Å². The van der Waals surface area contributed by atoms with E-state index in [4.69, 9.17) is 9.47 Å². The first-order valence-corrected chi connectivity index (χ1v) is 9.99. The predicted molar refractivity (Wildman–Crippen MR) is 112 cm³/mol. The first-order valence-electron chi connectivity index (χ1n) is 9.99. The first kappa shape index (κ1) is 24.6. The molecule has 12 heteroatoms. The van der Waals surface area contributed by atoms with Crippen LogP contribution < -0.4 is 10.1 Å². The van der Waals surface area contributed by atoms with Crippen LogP contribution in [0.2, 0.25) is 0 Å². The summed E-state index contributed by atoms with van der Waals surface area (Å²) in [5.41, 5.74) is 0.222. The summed E-state index contributed by atoms with van der Waals surface area (Å²) in [7, 11) is 0. The third-order valence-electron chi connectivity index (χ3n) is 4.81. The molecule has 9 nitrogen and oxygen atoms in total. The molecule has 2 aromatic rings. The van der Waals surface area contributed by atoms with E-state index in [1.54, 1.807) is 24.4 Å². The van der Waals surface area contributed by atoms with Crippen LogP contribution in [-0.2, 0) is 15.9 Å². The van der Waals surface area contributed by atoms with Crippen molar-refractivity contribution in [1.82, 2.24) is 10.3 Å². The van der Waals surface area contributed by atoms with E-state index in [-0.39, 0.29) is 35.7 Å². The fraction of sp³-hybridized carbons (Fsp3) is 0.273. The van der Waals surface area contributed by atoms with E-state index in [1.165, 1.54) is 32.0 Å². The number of rotatable bonds is 7. The van der Waals surface area contributed by atoms with Crippen molar-refractivity contribution in [1.29, 1.82) is 0 Å². The van der Waals surface area contributed by atoms with Crippen LogP contribution in [0.4, 0.5) is 18.0 Å². The second-order valence-electron chi connectivity index (χ2n) is 7.17. The number of pyridine rings is 1. The number of aromatic nitrogens is 1. The van der Waals surface area contributed by atoms with E-state index < -0.39 is 34.8 Å². The normalized spacial score (nSPS) is 16.1. The number of halogens is 3. The van der Waals surface area contributed by atoms with Crippen LogP contribution in [0.15, 0.2) is 71.5 Å². The molecule has 0 saturated heterocycles. The lowest BCUT2D eigenvalue weighted by Crippen LogP contribution is -2.30. The average molecular weight is 479 g/mol. The van der Waals surface area contributed by atoms with Crippen LogP contribution in [0, 0.1) is 10.1 Å². The lowest BCUT2D eigenvalue weighted by molar-refractivity contribution is -0.431. The molecular weight excluding hydrogens is 459 g/mol. The van der Waals surface area contributed by atoms with Gasteiger partial charge in [-0.25, -0.2) is 4.79 Å². The molecule has 0 spiro atoms. The topological polar surface area (TPSA) is 113 Å². The predicted octanol–water partition coefficient (Wildman–Crippen LogP) is 4.80. The van der Waals surface area contributed by atoms with Crippen LogP contribution in [0.5, 0.6) is 5.75 Å². The van der Waals surface area contributed by atoms with Crippen LogP contribution >= 0.6 is 0 Å². The van der Waals surface area contributed by atoms with Gasteiger partial charge in [0.05, 0.1) is 16.3 Å². The van der Waals surface area contributed by atoms with E-state index >= 15 is 0 Å². The molecule has 0 aliphatic carbocycles. The van der Waals surface area contributed by atoms with E-state index in [0.717, 1.165) is 6.07 Å². The summed E-state index contributed by atoms with van der Waals surface area (Å²) in [6.07, 6.45) is -4.35. The summed E-state index contributed by atoms with van der Waals surface area (Å²) in [6.45, 7) is 2.77. The minimum Gasteiger partial charge on any atom is -0.434 e. The smallest absolute Gasteiger partial charge is 0.434 e. The Hall–Kier alpha value is -4.09. The van der Waals surface area contributed by atoms with Gasteiger partial charge >= 0.3 is 12.5 Å². The highest BCUT2D eigenvalue weighted by Crippen LogP contribution is 2.43. The van der Waals surface area contributed by atoms with E-state index in [0.29, 0.717) is 5.69 Å². The Bertz CT molecular complexity index is 1130. The average Bonchev–Trinajstić information content (AvgIpc) is 2.75. The lowest BCUT2D eigenvalue weighted by atomic mass is 9.89. The van der Waals surface area contributed by atoms with Crippen molar-refractivity contribution >= 4 is 6.16 Å². The Balaban J connectivity index is 1.90. The summed E-state index contributed by atoms with van der Waals surface area (Å²) >= 11 is 0. The second kappa shape index (κ2) is 10.2. The SMILES string of the molecule is CC1=C(OC(=O)OCCc2ccccn2)C(c2ccccc2OC(F)(F)F)C([N+](=O)[O-])=C(C)N1. The molecule has 1 aromatic heterocycles. The van der Waals surface area contributed by atoms with Crippen molar-refractivity contribution in [3.63, 3.8) is 0 Å². The molecule has 0 amide bonds. The molecule has 2 heterocycles. The van der Waals surface area contributed by atoms with Crippen LogP contribution in [-0.4, -0.2) is 29.0 Å². The molecule has 1 aromatic carbocycles. The molecule has 1 aliphatic heterocycles. The quantitative estimate of drug-likeness (QED) is 0.342. The summed E-state index contributed by atoms with van der Waals surface area (Å²) in [5.74, 6) is -2.41. The highest BCUT2D eigenvalue weighted by atomic mass is 19.4. The number of benzene rings is 1. The van der Waals surface area contributed by atoms with E-state index in [1.807, 2.05) is 0 Å². The molecule has 0 radical (unpaired) electrons. The van der Waals surface area contributed by atoms with Gasteiger partial charge in [0.1, 0.15) is 24.0 Å². The molecule has 1 N–H and O–H groups in total. The third kappa shape index (κ3) is 6.03. The van der Waals surface area contributed by atoms with Gasteiger partial charge in [-0.15, -0.1) is 13.2 Å². The minimum atomic E-state index is -5.04. The van der Waals surface area contributed by atoms with Crippen molar-refractivity contribution in [2.24, 2.45) is 0 Å². The summed E-state index contributed by atoms with van der Waals surface area (Å²) in [4.78, 5) is 27.6. The maximum absolute atomic E-state index is 13.0. The standard InChI is InChI=1S/C22H20F3N3O6/c1-13-19(28(30)31)18(16-8-3-4-9-17(16)34-22(23,24)25)20(14(2)27-13)33-21(29)32-12-10-15-7-5-6-11-26-15/h3-9,11,18,27H,10,12H2,1-2H3. The number of ether oxygens (including phenoxy) is 3. The van der Waals surface area contributed by atoms with Crippen molar-refractivity contribution in [3.05, 3.63) is 92.9 Å². The van der Waals surface area contributed by atoms with Crippen molar-refractivity contribution in [3.8, 4) is 5.75 Å². The number of para-hydroxylation sites is 1. The number of carbonyl (C=O) groups is 1. The van der Waals surface area contributed by atoms with E-state index in [2.05, 4.69) is 15.0 Å². The lowest BCUT2D eigenvalue weighted by Gasteiger charge is -2.27. The maximum atomic E-state index is 13.0. The highest BCUT2D eigenvalue weighted by Gasteiger charge is 2.43. The van der Waals surface area contributed by atoms with Crippen LogP contribution in [0.1, 0.15) is 31.0 Å². The molecule has 1 unspecified atom stereocenters. The van der Waals surface area contributed by atoms with Gasteiger partial charge in [-0.05, 0) is 32.0 Å². The van der Waals surface area contributed by atoms with Crippen molar-refractivity contribution < 1.29 is 37.1 Å². The second-order valence-corrected chi connectivity index (χ2v) is 7.17. The van der Waals surface area contributed by atoms with Gasteiger partial charge < -0.3 is 19.5 Å². The molecular formula is C22H20F3N3O6. The van der Waals surface area contributed by atoms with Gasteiger partial charge in [-0.2, -0.15) is 0 Å². The van der Waals surface area contributed by atoms with Gasteiger partial charge in [0.2, 0.25) is 0 Å². The van der Waals surface area contributed by atoms with Gasteiger partial charge in [-0.3, -0.25) is 15.1 Å². The number of hydrogen-bond donors (Lipinski definition) is 1. The van der Waals surface area contributed by atoms with E-state index in [9.17, 15) is 28.1 Å². The largest absolute Gasteiger partial charge is 0.573 e.